The Labute approximate surface area is 101 Å². The van der Waals surface area contributed by atoms with Crippen LogP contribution in [0.1, 0.15) is 48.5 Å². The zero-order chi connectivity index (χ0) is 12.4. The second kappa shape index (κ2) is 4.86. The quantitative estimate of drug-likeness (QED) is 0.857. The summed E-state index contributed by atoms with van der Waals surface area (Å²) in [6, 6.07) is 7.63. The van der Waals surface area contributed by atoms with Crippen molar-refractivity contribution >= 4 is 5.91 Å². The topological polar surface area (TPSA) is 29.1 Å². The van der Waals surface area contributed by atoms with E-state index in [9.17, 15) is 9.18 Å². The highest BCUT2D eigenvalue weighted by Gasteiger charge is 2.32. The van der Waals surface area contributed by atoms with Gasteiger partial charge in [0.1, 0.15) is 6.17 Å². The number of rotatable bonds is 3. The summed E-state index contributed by atoms with van der Waals surface area (Å²) in [4.78, 5) is 12.0. The second-order valence-electron chi connectivity index (χ2n) is 4.98. The van der Waals surface area contributed by atoms with Crippen molar-refractivity contribution in [1.29, 1.82) is 0 Å². The number of halogens is 1. The van der Waals surface area contributed by atoms with Gasteiger partial charge in [-0.05, 0) is 44.2 Å². The summed E-state index contributed by atoms with van der Waals surface area (Å²) in [6.07, 6.45) is 0.402. The first-order valence-electron chi connectivity index (χ1n) is 6.11. The van der Waals surface area contributed by atoms with Crippen LogP contribution in [0.25, 0.3) is 0 Å². The number of amides is 1. The molecule has 17 heavy (non-hydrogen) atoms. The van der Waals surface area contributed by atoms with Crippen LogP contribution in [-0.4, -0.2) is 18.1 Å². The third-order valence-corrected chi connectivity index (χ3v) is 3.15. The van der Waals surface area contributed by atoms with Gasteiger partial charge in [0.05, 0.1) is 0 Å². The third-order valence-electron chi connectivity index (χ3n) is 3.15. The highest BCUT2D eigenvalue weighted by atomic mass is 19.1. The molecule has 1 aromatic rings. The molecule has 1 aliphatic rings. The van der Waals surface area contributed by atoms with Crippen LogP contribution in [0.2, 0.25) is 0 Å². The van der Waals surface area contributed by atoms with Crippen molar-refractivity contribution in [1.82, 2.24) is 5.32 Å². The number of hydrogen-bond donors (Lipinski definition) is 1. The molecule has 92 valence electrons. The fourth-order valence-electron chi connectivity index (χ4n) is 2.20. The van der Waals surface area contributed by atoms with Gasteiger partial charge >= 0.3 is 0 Å². The summed E-state index contributed by atoms with van der Waals surface area (Å²) in [7, 11) is 0. The van der Waals surface area contributed by atoms with E-state index in [2.05, 4.69) is 5.32 Å². The van der Waals surface area contributed by atoms with Crippen LogP contribution in [0.4, 0.5) is 4.39 Å². The maximum Gasteiger partial charge on any atom is 0.251 e. The fraction of sp³-hybridized carbons (Fsp3) is 0.500. The number of carbonyl (C=O) groups excluding carboxylic acids is 1. The molecule has 0 saturated heterocycles. The van der Waals surface area contributed by atoms with Crippen molar-refractivity contribution in [2.24, 2.45) is 0 Å². The lowest BCUT2D eigenvalue weighted by molar-refractivity contribution is 0.0938. The molecular formula is C14H18FNO. The standard InChI is InChI=1S/C14H18FNO/c1-9(2)16-14(17)13-6-4-3-5-12(13)10-7-11(15)8-10/h3-6,9-11H,7-8H2,1-2H3,(H,16,17). The number of benzene rings is 1. The van der Waals surface area contributed by atoms with Crippen molar-refractivity contribution in [3.8, 4) is 0 Å². The molecule has 2 nitrogen and oxygen atoms in total. The molecule has 3 heteroatoms. The lowest BCUT2D eigenvalue weighted by Crippen LogP contribution is -2.32. The van der Waals surface area contributed by atoms with Gasteiger partial charge in [-0.25, -0.2) is 4.39 Å². The highest BCUT2D eigenvalue weighted by Crippen LogP contribution is 2.40. The first kappa shape index (κ1) is 12.1. The summed E-state index contributed by atoms with van der Waals surface area (Å²) in [6.45, 7) is 3.86. The third kappa shape index (κ3) is 2.65. The second-order valence-corrected chi connectivity index (χ2v) is 4.98. The zero-order valence-electron chi connectivity index (χ0n) is 10.2. The number of nitrogens with one attached hydrogen (secondary N) is 1. The molecule has 0 bridgehead atoms. The van der Waals surface area contributed by atoms with Crippen molar-refractivity contribution in [2.75, 3.05) is 0 Å². The molecule has 0 radical (unpaired) electrons. The molecule has 0 heterocycles. The molecule has 0 aromatic heterocycles. The van der Waals surface area contributed by atoms with Gasteiger partial charge in [-0.3, -0.25) is 4.79 Å². The van der Waals surface area contributed by atoms with E-state index >= 15 is 0 Å². The monoisotopic (exact) mass is 235 g/mol. The molecule has 0 unspecified atom stereocenters. The van der Waals surface area contributed by atoms with E-state index in [1.54, 1.807) is 0 Å². The molecule has 1 aromatic carbocycles. The Morgan fingerprint density at radius 2 is 2.00 bits per heavy atom. The zero-order valence-corrected chi connectivity index (χ0v) is 10.2. The number of alkyl halides is 1. The largest absolute Gasteiger partial charge is 0.350 e. The Morgan fingerprint density at radius 3 is 2.59 bits per heavy atom. The van der Waals surface area contributed by atoms with Crippen LogP contribution < -0.4 is 5.32 Å². The van der Waals surface area contributed by atoms with Crippen LogP contribution in [0.15, 0.2) is 24.3 Å². The Morgan fingerprint density at radius 1 is 1.35 bits per heavy atom. The van der Waals surface area contributed by atoms with Gasteiger partial charge in [0.25, 0.3) is 5.91 Å². The molecule has 1 saturated carbocycles. The van der Waals surface area contributed by atoms with Crippen LogP contribution in [0.5, 0.6) is 0 Å². The van der Waals surface area contributed by atoms with E-state index in [-0.39, 0.29) is 17.9 Å². The summed E-state index contributed by atoms with van der Waals surface area (Å²) < 4.78 is 12.9. The normalized spacial score (nSPS) is 23.3. The first-order valence-corrected chi connectivity index (χ1v) is 6.11. The average molecular weight is 235 g/mol. The van der Waals surface area contributed by atoms with Gasteiger partial charge < -0.3 is 5.32 Å². The maximum absolute atomic E-state index is 12.9. The van der Waals surface area contributed by atoms with Gasteiger partial charge in [0.15, 0.2) is 0 Å². The van der Waals surface area contributed by atoms with Crippen molar-refractivity contribution in [3.05, 3.63) is 35.4 Å². The van der Waals surface area contributed by atoms with Gasteiger partial charge in [-0.2, -0.15) is 0 Å². The SMILES string of the molecule is CC(C)NC(=O)c1ccccc1C1CC(F)C1. The van der Waals surface area contributed by atoms with Crippen LogP contribution in [0, 0.1) is 0 Å². The van der Waals surface area contributed by atoms with Crippen LogP contribution in [-0.2, 0) is 0 Å². The van der Waals surface area contributed by atoms with Gasteiger partial charge in [0, 0.05) is 11.6 Å². The molecule has 1 aliphatic carbocycles. The number of carbonyl (C=O) groups is 1. The van der Waals surface area contributed by atoms with E-state index in [1.807, 2.05) is 38.1 Å². The summed E-state index contributed by atoms with van der Waals surface area (Å²) >= 11 is 0. The van der Waals surface area contributed by atoms with Crippen molar-refractivity contribution in [3.63, 3.8) is 0 Å². The van der Waals surface area contributed by atoms with E-state index in [0.29, 0.717) is 18.4 Å². The van der Waals surface area contributed by atoms with Crippen LogP contribution in [0.3, 0.4) is 0 Å². The fourth-order valence-corrected chi connectivity index (χ4v) is 2.20. The Bertz CT molecular complexity index is 410. The maximum atomic E-state index is 12.9. The van der Waals surface area contributed by atoms with Gasteiger partial charge in [-0.15, -0.1) is 0 Å². The Balaban J connectivity index is 2.19. The predicted octanol–water partition coefficient (Wildman–Crippen LogP) is 3.04. The minimum Gasteiger partial charge on any atom is -0.350 e. The molecule has 0 atom stereocenters. The molecule has 1 fully saturated rings. The molecule has 1 N–H and O–H groups in total. The number of hydrogen-bond acceptors (Lipinski definition) is 1. The van der Waals surface area contributed by atoms with E-state index in [1.165, 1.54) is 0 Å². The summed E-state index contributed by atoms with van der Waals surface area (Å²) in [5.74, 6) is 0.150. The molecule has 1 amide bonds. The van der Waals surface area contributed by atoms with E-state index < -0.39 is 6.17 Å². The van der Waals surface area contributed by atoms with E-state index in [0.717, 1.165) is 5.56 Å². The highest BCUT2D eigenvalue weighted by molar-refractivity contribution is 5.96. The predicted molar refractivity (Wildman–Crippen MR) is 65.9 cm³/mol. The molecule has 0 aliphatic heterocycles. The van der Waals surface area contributed by atoms with Gasteiger partial charge in [0.2, 0.25) is 0 Å². The minimum atomic E-state index is -0.693. The smallest absolute Gasteiger partial charge is 0.251 e. The first-order chi connectivity index (χ1) is 8.08. The molecular weight excluding hydrogens is 217 g/mol. The lowest BCUT2D eigenvalue weighted by atomic mass is 9.76. The van der Waals surface area contributed by atoms with E-state index in [4.69, 9.17) is 0 Å². The summed E-state index contributed by atoms with van der Waals surface area (Å²) in [5.41, 5.74) is 1.68. The molecule has 0 spiro atoms. The Hall–Kier alpha value is -1.38. The van der Waals surface area contributed by atoms with Gasteiger partial charge in [-0.1, -0.05) is 18.2 Å². The van der Waals surface area contributed by atoms with Crippen LogP contribution >= 0.6 is 0 Å². The van der Waals surface area contributed by atoms with Crippen molar-refractivity contribution in [2.45, 2.75) is 44.8 Å². The van der Waals surface area contributed by atoms with Crippen molar-refractivity contribution < 1.29 is 9.18 Å². The lowest BCUT2D eigenvalue weighted by Gasteiger charge is -2.31. The minimum absolute atomic E-state index is 0.0575. The average Bonchev–Trinajstić information content (AvgIpc) is 2.24. The Kier molecular flexibility index (Phi) is 3.46. The summed E-state index contributed by atoms with van der Waals surface area (Å²) in [5, 5.41) is 2.88. The molecule has 2 rings (SSSR count).